The van der Waals surface area contributed by atoms with Gasteiger partial charge in [-0.2, -0.15) is 0 Å². The third-order valence-electron chi connectivity index (χ3n) is 4.43. The average molecular weight is 341 g/mol. The van der Waals surface area contributed by atoms with Crippen molar-refractivity contribution in [3.05, 3.63) is 0 Å². The summed E-state index contributed by atoms with van der Waals surface area (Å²) >= 11 is 0. The summed E-state index contributed by atoms with van der Waals surface area (Å²) in [6.07, 6.45) is 4.53. The van der Waals surface area contributed by atoms with Gasteiger partial charge in [0.25, 0.3) is 0 Å². The van der Waals surface area contributed by atoms with Gasteiger partial charge in [-0.05, 0) is 31.1 Å². The zero-order valence-electron chi connectivity index (χ0n) is 12.3. The van der Waals surface area contributed by atoms with E-state index in [9.17, 15) is 13.2 Å². The van der Waals surface area contributed by atoms with E-state index in [1.165, 1.54) is 6.26 Å². The molecule has 2 bridgehead atoms. The zero-order valence-corrected chi connectivity index (χ0v) is 13.9. The molecule has 0 aromatic rings. The maximum absolute atomic E-state index is 12.1. The van der Waals surface area contributed by atoms with E-state index < -0.39 is 9.84 Å². The van der Waals surface area contributed by atoms with Crippen LogP contribution >= 0.6 is 12.4 Å². The van der Waals surface area contributed by atoms with Crippen LogP contribution in [0, 0.1) is 17.8 Å². The van der Waals surface area contributed by atoms with Crippen LogP contribution in [0.5, 0.6) is 0 Å². The lowest BCUT2D eigenvalue weighted by Crippen LogP contribution is -2.46. The summed E-state index contributed by atoms with van der Waals surface area (Å²) in [4.78, 5) is 12.1. The molecule has 2 aliphatic rings. The van der Waals surface area contributed by atoms with Crippen LogP contribution in [0.4, 0.5) is 0 Å². The number of rotatable bonds is 7. The highest BCUT2D eigenvalue weighted by Crippen LogP contribution is 2.47. The van der Waals surface area contributed by atoms with E-state index in [1.54, 1.807) is 0 Å². The Labute approximate surface area is 132 Å². The highest BCUT2D eigenvalue weighted by Gasteiger charge is 2.48. The first-order valence-electron chi connectivity index (χ1n) is 7.17. The van der Waals surface area contributed by atoms with Gasteiger partial charge in [-0.25, -0.2) is 8.42 Å². The van der Waals surface area contributed by atoms with Crippen LogP contribution in [-0.4, -0.2) is 52.1 Å². The molecule has 6 nitrogen and oxygen atoms in total. The van der Waals surface area contributed by atoms with Gasteiger partial charge in [-0.1, -0.05) is 0 Å². The zero-order chi connectivity index (χ0) is 14.8. The molecule has 2 aliphatic carbocycles. The third kappa shape index (κ3) is 5.09. The molecule has 2 rings (SSSR count). The fourth-order valence-electron chi connectivity index (χ4n) is 3.40. The topological polar surface area (TPSA) is 98.5 Å². The number of ether oxygens (including phenoxy) is 1. The monoisotopic (exact) mass is 340 g/mol. The number of nitrogens with one attached hydrogen (secondary N) is 1. The summed E-state index contributed by atoms with van der Waals surface area (Å²) in [5.41, 5.74) is 6.11. The number of fused-ring (bicyclic) bond motifs is 2. The molecule has 1 amide bonds. The molecule has 2 fully saturated rings. The molecule has 0 saturated heterocycles. The molecule has 3 N–H and O–H groups in total. The predicted molar refractivity (Wildman–Crippen MR) is 83.1 cm³/mol. The Bertz CT molecular complexity index is 455. The molecule has 0 heterocycles. The maximum Gasteiger partial charge on any atom is 0.225 e. The van der Waals surface area contributed by atoms with E-state index in [4.69, 9.17) is 10.5 Å². The lowest BCUT2D eigenvalue weighted by Gasteiger charge is -2.26. The summed E-state index contributed by atoms with van der Waals surface area (Å²) in [5.74, 6) is 0.946. The molecule has 124 valence electrons. The lowest BCUT2D eigenvalue weighted by atomic mass is 9.84. The van der Waals surface area contributed by atoms with Crippen molar-refractivity contribution in [3.8, 4) is 0 Å². The Hall–Kier alpha value is -0.370. The second-order valence-electron chi connectivity index (χ2n) is 5.97. The number of sulfone groups is 1. The first-order valence-corrected chi connectivity index (χ1v) is 9.23. The number of carbonyl (C=O) groups is 1. The van der Waals surface area contributed by atoms with E-state index in [2.05, 4.69) is 5.32 Å². The van der Waals surface area contributed by atoms with Gasteiger partial charge in [0.05, 0.1) is 24.9 Å². The van der Waals surface area contributed by atoms with Crippen molar-refractivity contribution in [2.24, 2.45) is 23.5 Å². The fraction of sp³-hybridized carbons (Fsp3) is 0.923. The van der Waals surface area contributed by atoms with Gasteiger partial charge in [0.1, 0.15) is 9.84 Å². The highest BCUT2D eigenvalue weighted by atomic mass is 35.5. The molecule has 0 aromatic carbocycles. The van der Waals surface area contributed by atoms with Crippen molar-refractivity contribution in [1.29, 1.82) is 0 Å². The number of carbonyl (C=O) groups excluding carboxylic acids is 1. The Balaban J connectivity index is 0.00000220. The summed E-state index contributed by atoms with van der Waals surface area (Å²) in [6.45, 7) is 0.906. The van der Waals surface area contributed by atoms with Gasteiger partial charge < -0.3 is 15.8 Å². The van der Waals surface area contributed by atoms with Crippen LogP contribution in [0.25, 0.3) is 0 Å². The lowest BCUT2D eigenvalue weighted by molar-refractivity contribution is -0.127. The summed E-state index contributed by atoms with van der Waals surface area (Å²) < 4.78 is 27.0. The van der Waals surface area contributed by atoms with Crippen LogP contribution in [0.1, 0.15) is 19.3 Å². The minimum atomic E-state index is -2.98. The smallest absolute Gasteiger partial charge is 0.225 e. The second-order valence-corrected chi connectivity index (χ2v) is 8.23. The highest BCUT2D eigenvalue weighted by molar-refractivity contribution is 7.90. The number of nitrogens with two attached hydrogens (primary N) is 1. The molecular formula is C13H25ClN2O4S. The molecule has 21 heavy (non-hydrogen) atoms. The third-order valence-corrected chi connectivity index (χ3v) is 5.34. The van der Waals surface area contributed by atoms with E-state index in [0.29, 0.717) is 25.0 Å². The standard InChI is InChI=1S/C13H24N2O4S.ClH/c1-20(17,18)7-6-19-5-4-15-13(16)11-9-2-3-10(8-9)12(11)14;/h9-12H,2-8,14H2,1H3,(H,15,16);1H. The van der Waals surface area contributed by atoms with Gasteiger partial charge in [0, 0.05) is 18.8 Å². The van der Waals surface area contributed by atoms with Crippen LogP contribution in [0.2, 0.25) is 0 Å². The van der Waals surface area contributed by atoms with E-state index in [-0.39, 0.29) is 42.6 Å². The first-order chi connectivity index (χ1) is 9.38. The van der Waals surface area contributed by atoms with E-state index in [1.807, 2.05) is 0 Å². The molecule has 4 atom stereocenters. The second kappa shape index (κ2) is 7.76. The van der Waals surface area contributed by atoms with E-state index >= 15 is 0 Å². The molecule has 8 heteroatoms. The normalized spacial score (nSPS) is 31.0. The molecule has 2 saturated carbocycles. The van der Waals surface area contributed by atoms with E-state index in [0.717, 1.165) is 19.3 Å². The summed E-state index contributed by atoms with van der Waals surface area (Å²) in [5, 5.41) is 2.84. The Morgan fingerprint density at radius 3 is 2.52 bits per heavy atom. The van der Waals surface area contributed by atoms with Crippen LogP contribution in [-0.2, 0) is 19.4 Å². The quantitative estimate of drug-likeness (QED) is 0.634. The fourth-order valence-corrected chi connectivity index (χ4v) is 3.82. The minimum absolute atomic E-state index is 0. The molecule has 4 unspecified atom stereocenters. The molecule has 0 aliphatic heterocycles. The Morgan fingerprint density at radius 1 is 1.29 bits per heavy atom. The van der Waals surface area contributed by atoms with Gasteiger partial charge in [-0.3, -0.25) is 4.79 Å². The van der Waals surface area contributed by atoms with Crippen molar-refractivity contribution in [1.82, 2.24) is 5.32 Å². The van der Waals surface area contributed by atoms with Gasteiger partial charge in [0.2, 0.25) is 5.91 Å². The number of amides is 1. The van der Waals surface area contributed by atoms with Crippen molar-refractivity contribution in [2.75, 3.05) is 31.8 Å². The van der Waals surface area contributed by atoms with Crippen LogP contribution in [0.3, 0.4) is 0 Å². The van der Waals surface area contributed by atoms with Gasteiger partial charge in [-0.15, -0.1) is 12.4 Å². The van der Waals surface area contributed by atoms with Crippen LogP contribution < -0.4 is 11.1 Å². The van der Waals surface area contributed by atoms with Gasteiger partial charge >= 0.3 is 0 Å². The average Bonchev–Trinajstić information content (AvgIpc) is 2.92. The number of halogens is 1. The predicted octanol–water partition coefficient (Wildman–Crippen LogP) is -0.0410. The van der Waals surface area contributed by atoms with Crippen molar-refractivity contribution < 1.29 is 17.9 Å². The molecule has 0 radical (unpaired) electrons. The van der Waals surface area contributed by atoms with Crippen LogP contribution in [0.15, 0.2) is 0 Å². The first kappa shape index (κ1) is 18.7. The maximum atomic E-state index is 12.1. The van der Waals surface area contributed by atoms with Gasteiger partial charge in [0.15, 0.2) is 0 Å². The SMILES string of the molecule is CS(=O)(=O)CCOCCNC(=O)C1C2CCC(C2)C1N.Cl. The Kier molecular flexibility index (Phi) is 6.90. The number of hydrogen-bond acceptors (Lipinski definition) is 5. The van der Waals surface area contributed by atoms with Crippen molar-refractivity contribution >= 4 is 28.2 Å². The Morgan fingerprint density at radius 2 is 1.95 bits per heavy atom. The number of hydrogen-bond donors (Lipinski definition) is 2. The summed E-state index contributed by atoms with van der Waals surface area (Å²) in [6, 6.07) is -0.0000901. The minimum Gasteiger partial charge on any atom is -0.379 e. The molecule has 0 spiro atoms. The van der Waals surface area contributed by atoms with Crippen molar-refractivity contribution in [3.63, 3.8) is 0 Å². The summed E-state index contributed by atoms with van der Waals surface area (Å²) in [7, 11) is -2.98. The molecule has 0 aromatic heterocycles. The molecular weight excluding hydrogens is 316 g/mol. The van der Waals surface area contributed by atoms with Crippen molar-refractivity contribution in [2.45, 2.75) is 25.3 Å². The largest absolute Gasteiger partial charge is 0.379 e.